The molecule has 3 aliphatic carbocycles. The Balaban J connectivity index is 1.02. The van der Waals surface area contributed by atoms with Crippen LogP contribution in [0.3, 0.4) is 0 Å². The molecule has 0 radical (unpaired) electrons. The molecule has 2 N–H and O–H groups in total. The molecule has 5 aromatic rings. The van der Waals surface area contributed by atoms with Crippen LogP contribution in [-0.2, 0) is 19.3 Å². The van der Waals surface area contributed by atoms with Gasteiger partial charge in [0.2, 0.25) is 0 Å². The van der Waals surface area contributed by atoms with E-state index in [2.05, 4.69) is 54.0 Å². The molecule has 0 amide bonds. The number of thiophene rings is 2. The zero-order valence-electron chi connectivity index (χ0n) is 22.2. The van der Waals surface area contributed by atoms with Crippen molar-refractivity contribution in [2.75, 3.05) is 10.6 Å². The van der Waals surface area contributed by atoms with E-state index in [0.29, 0.717) is 12.1 Å². The second-order valence-corrected chi connectivity index (χ2v) is 13.4. The molecule has 6 nitrogen and oxygen atoms in total. The van der Waals surface area contributed by atoms with Gasteiger partial charge in [-0.1, -0.05) is 31.2 Å². The van der Waals surface area contributed by atoms with Crippen molar-refractivity contribution in [1.82, 2.24) is 19.9 Å². The minimum atomic E-state index is 0.570. The predicted molar refractivity (Wildman–Crippen MR) is 162 cm³/mol. The Labute approximate surface area is 236 Å². The van der Waals surface area contributed by atoms with E-state index in [9.17, 15) is 0 Å². The average Bonchev–Trinajstić information content (AvgIpc) is 3.88. The third-order valence-corrected chi connectivity index (χ3v) is 10.2. The Bertz CT molecular complexity index is 1680. The summed E-state index contributed by atoms with van der Waals surface area (Å²) in [6.07, 6.45) is 10.2. The standard InChI is InChI=1S/C31H32N6S2/c1-2-26-34-28(32-20-10-11-20)22-15-24(38-30(22)36-26)18-6-3-17(4-7-18)5-14-27-35-29(33-21-12-13-21)23-16-25(19-8-9-19)39-31(23)37-27/h3-4,6-7,15-16,19-21H,2,5,8-14H2,1H3,(H,32,34,36)(H,33,35,37). The fourth-order valence-electron chi connectivity index (χ4n) is 5.09. The Hall–Kier alpha value is -3.10. The predicted octanol–water partition coefficient (Wildman–Crippen LogP) is 7.74. The molecule has 39 heavy (non-hydrogen) atoms. The Kier molecular flexibility index (Phi) is 5.80. The average molecular weight is 553 g/mol. The highest BCUT2D eigenvalue weighted by Gasteiger charge is 2.28. The van der Waals surface area contributed by atoms with Gasteiger partial charge in [0.05, 0.1) is 10.8 Å². The smallest absolute Gasteiger partial charge is 0.138 e. The van der Waals surface area contributed by atoms with Gasteiger partial charge in [0.15, 0.2) is 0 Å². The van der Waals surface area contributed by atoms with Crippen LogP contribution in [0, 0.1) is 0 Å². The van der Waals surface area contributed by atoms with Crippen molar-refractivity contribution in [3.63, 3.8) is 0 Å². The first-order valence-corrected chi connectivity index (χ1v) is 16.0. The number of anilines is 2. The molecule has 8 rings (SSSR count). The van der Waals surface area contributed by atoms with Gasteiger partial charge in [-0.2, -0.15) is 0 Å². The van der Waals surface area contributed by atoms with Crippen LogP contribution in [0.5, 0.6) is 0 Å². The number of hydrogen-bond donors (Lipinski definition) is 2. The fourth-order valence-corrected chi connectivity index (χ4v) is 7.36. The van der Waals surface area contributed by atoms with Crippen molar-refractivity contribution < 1.29 is 0 Å². The molecular formula is C31H32N6S2. The minimum absolute atomic E-state index is 0.570. The summed E-state index contributed by atoms with van der Waals surface area (Å²) in [7, 11) is 0. The van der Waals surface area contributed by atoms with Crippen molar-refractivity contribution in [3.05, 3.63) is 58.5 Å². The van der Waals surface area contributed by atoms with E-state index in [1.165, 1.54) is 64.8 Å². The second-order valence-electron chi connectivity index (χ2n) is 11.3. The molecule has 0 aliphatic heterocycles. The molecule has 4 aromatic heterocycles. The first-order valence-electron chi connectivity index (χ1n) is 14.4. The van der Waals surface area contributed by atoms with Gasteiger partial charge >= 0.3 is 0 Å². The number of nitrogens with one attached hydrogen (secondary N) is 2. The van der Waals surface area contributed by atoms with Crippen molar-refractivity contribution in [2.24, 2.45) is 0 Å². The first kappa shape index (κ1) is 23.8. The van der Waals surface area contributed by atoms with E-state index in [0.717, 1.165) is 63.5 Å². The number of fused-ring (bicyclic) bond motifs is 2. The maximum absolute atomic E-state index is 5.00. The zero-order valence-corrected chi connectivity index (χ0v) is 23.8. The highest BCUT2D eigenvalue weighted by atomic mass is 32.1. The summed E-state index contributed by atoms with van der Waals surface area (Å²) < 4.78 is 0. The zero-order chi connectivity index (χ0) is 25.9. The summed E-state index contributed by atoms with van der Waals surface area (Å²) in [4.78, 5) is 24.6. The molecule has 4 heterocycles. The van der Waals surface area contributed by atoms with Crippen molar-refractivity contribution in [1.29, 1.82) is 0 Å². The number of aryl methyl sites for hydroxylation is 3. The molecule has 0 saturated heterocycles. The van der Waals surface area contributed by atoms with E-state index >= 15 is 0 Å². The van der Waals surface area contributed by atoms with Gasteiger partial charge < -0.3 is 10.6 Å². The van der Waals surface area contributed by atoms with Gasteiger partial charge in [0, 0.05) is 34.7 Å². The SMILES string of the molecule is CCc1nc(NC2CC2)c2cc(-c3ccc(CCc4nc(NC5CC5)c5cc(C6CC6)sc5n4)cc3)sc2n1. The fraction of sp³-hybridized carbons (Fsp3) is 0.419. The molecule has 198 valence electrons. The van der Waals surface area contributed by atoms with Crippen molar-refractivity contribution >= 4 is 54.7 Å². The van der Waals surface area contributed by atoms with Crippen LogP contribution in [0.1, 0.15) is 73.5 Å². The molecule has 3 aliphatic rings. The molecule has 0 atom stereocenters. The van der Waals surface area contributed by atoms with Crippen molar-refractivity contribution in [3.8, 4) is 10.4 Å². The third-order valence-electron chi connectivity index (χ3n) is 7.91. The lowest BCUT2D eigenvalue weighted by Gasteiger charge is -2.08. The second kappa shape index (κ2) is 9.52. The van der Waals surface area contributed by atoms with Gasteiger partial charge in [-0.15, -0.1) is 22.7 Å². The van der Waals surface area contributed by atoms with Crippen LogP contribution in [0.15, 0.2) is 36.4 Å². The number of nitrogens with zero attached hydrogens (tertiary/aromatic N) is 4. The summed E-state index contributed by atoms with van der Waals surface area (Å²) >= 11 is 3.63. The first-order chi connectivity index (χ1) is 19.2. The summed E-state index contributed by atoms with van der Waals surface area (Å²) in [6, 6.07) is 14.8. The highest BCUT2D eigenvalue weighted by Crippen LogP contribution is 2.46. The monoisotopic (exact) mass is 552 g/mol. The van der Waals surface area contributed by atoms with Crippen molar-refractivity contribution in [2.45, 2.75) is 82.7 Å². The van der Waals surface area contributed by atoms with E-state index in [-0.39, 0.29) is 0 Å². The number of benzene rings is 1. The lowest BCUT2D eigenvalue weighted by Crippen LogP contribution is -2.07. The van der Waals surface area contributed by atoms with Crippen LogP contribution >= 0.6 is 22.7 Å². The number of rotatable bonds is 10. The van der Waals surface area contributed by atoms with Gasteiger partial charge in [-0.25, -0.2) is 19.9 Å². The third kappa shape index (κ3) is 5.00. The van der Waals surface area contributed by atoms with Crippen LogP contribution < -0.4 is 10.6 Å². The normalized spacial score (nSPS) is 17.3. The molecule has 8 heteroatoms. The number of hydrogen-bond acceptors (Lipinski definition) is 8. The maximum Gasteiger partial charge on any atom is 0.138 e. The lowest BCUT2D eigenvalue weighted by molar-refractivity contribution is 0.870. The molecule has 0 bridgehead atoms. The van der Waals surface area contributed by atoms with Crippen LogP contribution in [0.2, 0.25) is 0 Å². The van der Waals surface area contributed by atoms with Crippen LogP contribution in [-0.4, -0.2) is 32.0 Å². The van der Waals surface area contributed by atoms with E-state index in [1.807, 2.05) is 11.3 Å². The molecular weight excluding hydrogens is 521 g/mol. The Morgan fingerprint density at radius 2 is 1.36 bits per heavy atom. The lowest BCUT2D eigenvalue weighted by atomic mass is 10.1. The largest absolute Gasteiger partial charge is 0.367 e. The number of aromatic nitrogens is 4. The molecule has 3 fully saturated rings. The van der Waals surface area contributed by atoms with E-state index < -0.39 is 0 Å². The summed E-state index contributed by atoms with van der Waals surface area (Å²) in [5.41, 5.74) is 2.55. The molecule has 1 aromatic carbocycles. The minimum Gasteiger partial charge on any atom is -0.367 e. The summed E-state index contributed by atoms with van der Waals surface area (Å²) in [5, 5.41) is 9.65. The Morgan fingerprint density at radius 1 is 0.718 bits per heavy atom. The topological polar surface area (TPSA) is 75.6 Å². The maximum atomic E-state index is 5.00. The molecule has 0 unspecified atom stereocenters. The Morgan fingerprint density at radius 3 is 2.03 bits per heavy atom. The molecule has 3 saturated carbocycles. The van der Waals surface area contributed by atoms with E-state index in [4.69, 9.17) is 19.9 Å². The van der Waals surface area contributed by atoms with E-state index in [1.54, 1.807) is 11.3 Å². The summed E-state index contributed by atoms with van der Waals surface area (Å²) in [6.45, 7) is 2.12. The van der Waals surface area contributed by atoms with Crippen LogP contribution in [0.25, 0.3) is 30.9 Å². The quantitative estimate of drug-likeness (QED) is 0.185. The van der Waals surface area contributed by atoms with Gasteiger partial charge in [-0.3, -0.25) is 0 Å². The van der Waals surface area contributed by atoms with Gasteiger partial charge in [-0.05, 0) is 74.1 Å². The highest BCUT2D eigenvalue weighted by molar-refractivity contribution is 7.22. The van der Waals surface area contributed by atoms with Crippen LogP contribution in [0.4, 0.5) is 11.6 Å². The summed E-state index contributed by atoms with van der Waals surface area (Å²) in [5.74, 6) is 4.66. The van der Waals surface area contributed by atoms with Gasteiger partial charge in [0.1, 0.15) is 32.9 Å². The molecule has 0 spiro atoms. The van der Waals surface area contributed by atoms with Gasteiger partial charge in [0.25, 0.3) is 0 Å².